The summed E-state index contributed by atoms with van der Waals surface area (Å²) >= 11 is 23.3. The number of halogens is 3. The van der Waals surface area contributed by atoms with E-state index in [1.807, 2.05) is 84.9 Å². The Bertz CT molecular complexity index is 6870. The molecule has 0 spiro atoms. The predicted molar refractivity (Wildman–Crippen MR) is 416 cm³/mol. The van der Waals surface area contributed by atoms with E-state index in [-0.39, 0.29) is 0 Å². The Labute approximate surface area is 587 Å². The van der Waals surface area contributed by atoms with Gasteiger partial charge in [-0.1, -0.05) is 265 Å². The summed E-state index contributed by atoms with van der Waals surface area (Å²) in [4.78, 5) is 28.9. The Morgan fingerprint density at radius 3 is 1.42 bits per heavy atom. The fourth-order valence-corrected chi connectivity index (χ4v) is 16.7. The van der Waals surface area contributed by atoms with Gasteiger partial charge in [-0.2, -0.15) is 0 Å². The second kappa shape index (κ2) is 24.0. The van der Waals surface area contributed by atoms with Crippen molar-refractivity contribution >= 4 is 196 Å². The van der Waals surface area contributed by atoms with Crippen LogP contribution >= 0.6 is 57.5 Å². The number of rotatable bonds is 5. The molecule has 21 aromatic rings. The van der Waals surface area contributed by atoms with Crippen molar-refractivity contribution in [1.29, 1.82) is 0 Å². The van der Waals surface area contributed by atoms with Crippen LogP contribution in [0.25, 0.3) is 195 Å². The number of nitrogens with zero attached hydrogens (tertiary/aromatic N) is 6. The van der Waals surface area contributed by atoms with Crippen LogP contribution < -0.4 is 0 Å². The number of hydrogen-bond donors (Lipinski definition) is 0. The molecule has 99 heavy (non-hydrogen) atoms. The number of benzene rings is 14. The first-order chi connectivity index (χ1) is 48.8. The third-order valence-corrected chi connectivity index (χ3v) is 21.9. The number of hydrogen-bond acceptors (Lipinski definition) is 10. The van der Waals surface area contributed by atoms with Crippen molar-refractivity contribution in [2.24, 2.45) is 0 Å². The minimum absolute atomic E-state index is 0.314. The van der Waals surface area contributed by atoms with E-state index >= 15 is 0 Å². The third-order valence-electron chi connectivity index (χ3n) is 18.5. The zero-order valence-electron chi connectivity index (χ0n) is 52.1. The Kier molecular flexibility index (Phi) is 14.2. The molecule has 7 aromatic heterocycles. The molecule has 0 unspecified atom stereocenters. The van der Waals surface area contributed by atoms with Crippen molar-refractivity contribution in [3.05, 3.63) is 301 Å². The van der Waals surface area contributed by atoms with Crippen molar-refractivity contribution in [2.45, 2.75) is 0 Å². The summed E-state index contributed by atoms with van der Waals surface area (Å²) in [6, 6.07) is 98.1. The lowest BCUT2D eigenvalue weighted by Gasteiger charge is -2.07. The molecule has 0 N–H and O–H groups in total. The highest BCUT2D eigenvalue weighted by Gasteiger charge is 2.23. The molecule has 13 heteroatoms. The molecule has 8 nitrogen and oxygen atoms in total. The summed E-state index contributed by atoms with van der Waals surface area (Å²) in [5.41, 5.74) is 13.0. The van der Waals surface area contributed by atoms with Crippen molar-refractivity contribution in [3.8, 4) is 56.4 Å². The molecule has 0 bridgehead atoms. The second-order valence-electron chi connectivity index (χ2n) is 24.4. The van der Waals surface area contributed by atoms with Gasteiger partial charge in [-0.3, -0.25) is 0 Å². The quantitative estimate of drug-likeness (QED) is 0.124. The number of furan rings is 2. The van der Waals surface area contributed by atoms with Gasteiger partial charge in [-0.25, -0.2) is 29.9 Å². The van der Waals surface area contributed by atoms with Gasteiger partial charge in [0.2, 0.25) is 0 Å². The third kappa shape index (κ3) is 10.2. The van der Waals surface area contributed by atoms with Crippen LogP contribution in [-0.2, 0) is 0 Å². The minimum atomic E-state index is 0.314. The van der Waals surface area contributed by atoms with Crippen LogP contribution in [0.3, 0.4) is 0 Å². The van der Waals surface area contributed by atoms with E-state index in [1.54, 1.807) is 22.7 Å². The first-order valence-electron chi connectivity index (χ1n) is 32.2. The standard InChI is InChI=1S/C30H15ClN2OS.C30H17ClN2O.C26H15ClN2S/c31-29-28-27(26-20-8-4-2-6-17(20)11-14-24(26)35-28)32-30(33-29)18-10-12-22-21(15-18)25-19-7-3-1-5-16(19)9-13-23(25)34-22;31-29-28-26(32-30(33-29)20-12-8-11-19(17-20)18-9-2-1-3-10-18)25-23-15-6-4-13-21(23)22-14-5-7-16-24(22)27(25)34-28;27-25-24-23(21-8-4-5-9-22(21)30-24)28-26(29-25)20-13-12-18-14-17(10-11-19(18)15-20)16-6-2-1-3-7-16/h1-15H;1-17H;1-15H. The first-order valence-corrected chi connectivity index (χ1v) is 35.0. The maximum absolute atomic E-state index is 6.75. The van der Waals surface area contributed by atoms with Crippen LogP contribution in [0.4, 0.5) is 0 Å². The van der Waals surface area contributed by atoms with Gasteiger partial charge in [0.1, 0.15) is 22.3 Å². The van der Waals surface area contributed by atoms with E-state index < -0.39 is 0 Å². The zero-order valence-corrected chi connectivity index (χ0v) is 56.0. The van der Waals surface area contributed by atoms with E-state index in [0.717, 1.165) is 129 Å². The van der Waals surface area contributed by atoms with Crippen molar-refractivity contribution in [2.75, 3.05) is 0 Å². The molecule has 14 aromatic carbocycles. The maximum Gasteiger partial charge on any atom is 0.191 e. The van der Waals surface area contributed by atoms with Crippen molar-refractivity contribution < 1.29 is 8.83 Å². The minimum Gasteiger partial charge on any atom is -0.456 e. The van der Waals surface area contributed by atoms with Crippen LogP contribution in [0.2, 0.25) is 15.5 Å². The SMILES string of the molecule is Clc1nc(-c2ccc3cc(-c4ccccc4)ccc3c2)nc2c1sc1ccccc12.Clc1nc(-c2ccc3oc4ccc5ccccc5c4c3c2)nc2c1sc1ccc3ccccc3c12.Clc1nc(-c2cccc(-c3ccccc3)c2)nc2c1oc1c3ccccc3c3ccccc3c21. The Hall–Kier alpha value is -11.5. The second-order valence-corrected chi connectivity index (χ2v) is 27.5. The van der Waals surface area contributed by atoms with Crippen molar-refractivity contribution in [3.63, 3.8) is 0 Å². The van der Waals surface area contributed by atoms with Gasteiger partial charge in [-0.15, -0.1) is 22.7 Å². The van der Waals surface area contributed by atoms with Gasteiger partial charge in [0.25, 0.3) is 0 Å². The summed E-state index contributed by atoms with van der Waals surface area (Å²) in [5.74, 6) is 1.85. The van der Waals surface area contributed by atoms with E-state index in [9.17, 15) is 0 Å². The maximum atomic E-state index is 6.75. The monoisotopic (exact) mass is 1360 g/mol. The van der Waals surface area contributed by atoms with Gasteiger partial charge in [0, 0.05) is 53.0 Å². The molecule has 0 aliphatic carbocycles. The molecule has 0 aliphatic heterocycles. The summed E-state index contributed by atoms with van der Waals surface area (Å²) in [6.45, 7) is 0. The molecule has 0 aliphatic rings. The summed E-state index contributed by atoms with van der Waals surface area (Å²) in [5, 5.41) is 18.2. The highest BCUT2D eigenvalue weighted by molar-refractivity contribution is 7.26. The molecule has 21 rings (SSSR count). The van der Waals surface area contributed by atoms with Gasteiger partial charge in [0.15, 0.2) is 38.5 Å². The lowest BCUT2D eigenvalue weighted by molar-refractivity contribution is 0.669. The molecule has 466 valence electrons. The summed E-state index contributed by atoms with van der Waals surface area (Å²) < 4.78 is 16.7. The fraction of sp³-hybridized carbons (Fsp3) is 0. The molecule has 0 fully saturated rings. The lowest BCUT2D eigenvalue weighted by Crippen LogP contribution is -1.91. The smallest absolute Gasteiger partial charge is 0.191 e. The number of fused-ring (bicyclic) bond motifs is 22. The number of aromatic nitrogens is 6. The molecule has 7 heterocycles. The highest BCUT2D eigenvalue weighted by Crippen LogP contribution is 2.45. The van der Waals surface area contributed by atoms with Crippen LogP contribution in [0.5, 0.6) is 0 Å². The first kappa shape index (κ1) is 58.8. The molecule has 0 amide bonds. The normalized spacial score (nSPS) is 11.8. The Balaban J connectivity index is 0.000000104. The van der Waals surface area contributed by atoms with Crippen LogP contribution in [-0.4, -0.2) is 29.9 Å². The van der Waals surface area contributed by atoms with E-state index in [1.165, 1.54) is 42.8 Å². The summed E-state index contributed by atoms with van der Waals surface area (Å²) in [7, 11) is 0. The highest BCUT2D eigenvalue weighted by atomic mass is 35.5. The van der Waals surface area contributed by atoms with Gasteiger partial charge >= 0.3 is 0 Å². The zero-order chi connectivity index (χ0) is 65.8. The average Bonchev–Trinajstić information content (AvgIpc) is 1.61. The lowest BCUT2D eigenvalue weighted by atomic mass is 9.98. The van der Waals surface area contributed by atoms with E-state index in [0.29, 0.717) is 38.5 Å². The topological polar surface area (TPSA) is 104 Å². The van der Waals surface area contributed by atoms with Crippen LogP contribution in [0.1, 0.15) is 0 Å². The van der Waals surface area contributed by atoms with Crippen molar-refractivity contribution in [1.82, 2.24) is 29.9 Å². The average molecular weight is 1370 g/mol. The van der Waals surface area contributed by atoms with Crippen LogP contribution in [0, 0.1) is 0 Å². The van der Waals surface area contributed by atoms with Gasteiger partial charge in [0.05, 0.1) is 25.8 Å². The molecule has 0 saturated heterocycles. The van der Waals surface area contributed by atoms with E-state index in [4.69, 9.17) is 63.6 Å². The molecular formula is C86H47Cl3N6O2S2. The largest absolute Gasteiger partial charge is 0.456 e. The molecule has 0 radical (unpaired) electrons. The molecule has 0 saturated carbocycles. The Morgan fingerprint density at radius 2 is 0.707 bits per heavy atom. The Morgan fingerprint density at radius 1 is 0.242 bits per heavy atom. The molecular weight excluding hydrogens is 1320 g/mol. The molecule has 0 atom stereocenters. The van der Waals surface area contributed by atoms with Gasteiger partial charge < -0.3 is 8.83 Å². The fourth-order valence-electron chi connectivity index (χ4n) is 13.9. The van der Waals surface area contributed by atoms with Crippen LogP contribution in [0.15, 0.2) is 294 Å². The summed E-state index contributed by atoms with van der Waals surface area (Å²) in [6.07, 6.45) is 0. The van der Waals surface area contributed by atoms with Gasteiger partial charge in [-0.05, 0) is 125 Å². The predicted octanol–water partition coefficient (Wildman–Crippen LogP) is 26.0. The van der Waals surface area contributed by atoms with E-state index in [2.05, 4.69) is 210 Å². The number of thiophene rings is 2.